The van der Waals surface area contributed by atoms with Crippen LogP contribution in [-0.4, -0.2) is 27.6 Å². The highest BCUT2D eigenvalue weighted by Crippen LogP contribution is 2.04. The van der Waals surface area contributed by atoms with Crippen molar-refractivity contribution in [3.63, 3.8) is 0 Å². The molecule has 0 saturated heterocycles. The van der Waals surface area contributed by atoms with E-state index in [1.54, 1.807) is 12.1 Å². The highest BCUT2D eigenvalue weighted by molar-refractivity contribution is 5.76. The fourth-order valence-electron chi connectivity index (χ4n) is 2.17. The topological polar surface area (TPSA) is 59.8 Å². The van der Waals surface area contributed by atoms with Gasteiger partial charge in [-0.3, -0.25) is 4.79 Å². The second-order valence-electron chi connectivity index (χ2n) is 4.74. The van der Waals surface area contributed by atoms with Crippen molar-refractivity contribution in [2.45, 2.75) is 39.3 Å². The molecule has 19 heavy (non-hydrogen) atoms. The third kappa shape index (κ3) is 3.38. The average molecular weight is 260 g/mol. The standard InChI is InChI=1S/C14H20N4O/c1-3-15-11(2)7-6-10-18-14(19)12-8-4-5-9-13(12)16-17-18/h4-5,8-9,11,15H,3,6-7,10H2,1-2H3. The fourth-order valence-corrected chi connectivity index (χ4v) is 2.17. The van der Waals surface area contributed by atoms with Crippen molar-refractivity contribution in [3.8, 4) is 0 Å². The quantitative estimate of drug-likeness (QED) is 0.856. The lowest BCUT2D eigenvalue weighted by Gasteiger charge is -2.11. The molecule has 102 valence electrons. The van der Waals surface area contributed by atoms with Gasteiger partial charge in [-0.25, -0.2) is 4.68 Å². The molecular weight excluding hydrogens is 240 g/mol. The molecule has 2 rings (SSSR count). The van der Waals surface area contributed by atoms with Gasteiger partial charge in [-0.15, -0.1) is 5.10 Å². The van der Waals surface area contributed by atoms with Crippen LogP contribution < -0.4 is 10.9 Å². The molecule has 0 saturated carbocycles. The maximum Gasteiger partial charge on any atom is 0.277 e. The zero-order valence-corrected chi connectivity index (χ0v) is 11.5. The zero-order valence-electron chi connectivity index (χ0n) is 11.5. The maximum atomic E-state index is 12.2. The first-order chi connectivity index (χ1) is 9.22. The number of aromatic nitrogens is 3. The highest BCUT2D eigenvalue weighted by Gasteiger charge is 2.05. The summed E-state index contributed by atoms with van der Waals surface area (Å²) in [4.78, 5) is 12.2. The summed E-state index contributed by atoms with van der Waals surface area (Å²) in [6, 6.07) is 7.78. The minimum Gasteiger partial charge on any atom is -0.315 e. The number of fused-ring (bicyclic) bond motifs is 1. The summed E-state index contributed by atoms with van der Waals surface area (Å²) in [5.41, 5.74) is 0.603. The first-order valence-electron chi connectivity index (χ1n) is 6.78. The Morgan fingerprint density at radius 1 is 1.37 bits per heavy atom. The predicted molar refractivity (Wildman–Crippen MR) is 76.2 cm³/mol. The van der Waals surface area contributed by atoms with Gasteiger partial charge in [0.15, 0.2) is 0 Å². The lowest BCUT2D eigenvalue weighted by atomic mass is 10.2. The highest BCUT2D eigenvalue weighted by atomic mass is 16.1. The van der Waals surface area contributed by atoms with Crippen LogP contribution in [0.1, 0.15) is 26.7 Å². The maximum absolute atomic E-state index is 12.2. The molecule has 1 N–H and O–H groups in total. The SMILES string of the molecule is CCNC(C)CCCn1nnc2ccccc2c1=O. The van der Waals surface area contributed by atoms with Gasteiger partial charge in [-0.2, -0.15) is 0 Å². The lowest BCUT2D eigenvalue weighted by molar-refractivity contribution is 0.455. The lowest BCUT2D eigenvalue weighted by Crippen LogP contribution is -2.28. The summed E-state index contributed by atoms with van der Waals surface area (Å²) < 4.78 is 1.46. The summed E-state index contributed by atoms with van der Waals surface area (Å²) in [5.74, 6) is 0. The second kappa shape index (κ2) is 6.43. The van der Waals surface area contributed by atoms with Crippen molar-refractivity contribution < 1.29 is 0 Å². The molecule has 0 fully saturated rings. The molecule has 0 radical (unpaired) electrons. The largest absolute Gasteiger partial charge is 0.315 e. The van der Waals surface area contributed by atoms with Gasteiger partial charge in [0.25, 0.3) is 5.56 Å². The molecule has 0 spiro atoms. The predicted octanol–water partition coefficient (Wildman–Crippen LogP) is 1.57. The molecule has 1 heterocycles. The third-order valence-corrected chi connectivity index (χ3v) is 3.19. The van der Waals surface area contributed by atoms with Crippen molar-refractivity contribution >= 4 is 10.9 Å². The average Bonchev–Trinajstić information content (AvgIpc) is 2.42. The molecule has 1 unspecified atom stereocenters. The van der Waals surface area contributed by atoms with Gasteiger partial charge in [0, 0.05) is 12.6 Å². The van der Waals surface area contributed by atoms with Crippen LogP contribution in [0, 0.1) is 0 Å². The van der Waals surface area contributed by atoms with E-state index in [4.69, 9.17) is 0 Å². The van der Waals surface area contributed by atoms with Crippen molar-refractivity contribution in [2.24, 2.45) is 0 Å². The van der Waals surface area contributed by atoms with Crippen LogP contribution in [0.3, 0.4) is 0 Å². The molecule has 0 bridgehead atoms. The van der Waals surface area contributed by atoms with E-state index in [2.05, 4.69) is 29.5 Å². The van der Waals surface area contributed by atoms with E-state index in [9.17, 15) is 4.79 Å². The fraction of sp³-hybridized carbons (Fsp3) is 0.500. The molecule has 1 aromatic heterocycles. The summed E-state index contributed by atoms with van der Waals surface area (Å²) in [6.45, 7) is 5.83. The Morgan fingerprint density at radius 3 is 2.95 bits per heavy atom. The van der Waals surface area contributed by atoms with Gasteiger partial charge in [-0.05, 0) is 38.4 Å². The van der Waals surface area contributed by atoms with Gasteiger partial charge in [0.1, 0.15) is 5.52 Å². The first kappa shape index (κ1) is 13.7. The summed E-state index contributed by atoms with van der Waals surface area (Å²) in [5, 5.41) is 12.0. The van der Waals surface area contributed by atoms with Crippen LogP contribution in [0.4, 0.5) is 0 Å². The number of hydrogen-bond donors (Lipinski definition) is 1. The van der Waals surface area contributed by atoms with Crippen LogP contribution >= 0.6 is 0 Å². The molecule has 0 aliphatic heterocycles. The van der Waals surface area contributed by atoms with Gasteiger partial charge in [-0.1, -0.05) is 24.3 Å². The third-order valence-electron chi connectivity index (χ3n) is 3.19. The van der Waals surface area contributed by atoms with Crippen molar-refractivity contribution in [3.05, 3.63) is 34.6 Å². The van der Waals surface area contributed by atoms with Crippen molar-refractivity contribution in [2.75, 3.05) is 6.54 Å². The zero-order chi connectivity index (χ0) is 13.7. The van der Waals surface area contributed by atoms with Crippen LogP contribution in [0.2, 0.25) is 0 Å². The Morgan fingerprint density at radius 2 is 2.16 bits per heavy atom. The minimum atomic E-state index is -0.0540. The van der Waals surface area contributed by atoms with E-state index in [1.807, 2.05) is 12.1 Å². The molecule has 0 aliphatic rings. The molecule has 1 aromatic carbocycles. The number of rotatable bonds is 6. The smallest absolute Gasteiger partial charge is 0.277 e. The Labute approximate surface area is 112 Å². The van der Waals surface area contributed by atoms with Crippen LogP contribution in [0.25, 0.3) is 10.9 Å². The van der Waals surface area contributed by atoms with Crippen molar-refractivity contribution in [1.82, 2.24) is 20.3 Å². The van der Waals surface area contributed by atoms with Gasteiger partial charge < -0.3 is 5.32 Å². The monoisotopic (exact) mass is 260 g/mol. The van der Waals surface area contributed by atoms with Gasteiger partial charge in [0.05, 0.1) is 5.39 Å². The van der Waals surface area contributed by atoms with Crippen LogP contribution in [0.15, 0.2) is 29.1 Å². The molecule has 2 aromatic rings. The van der Waals surface area contributed by atoms with E-state index in [-0.39, 0.29) is 5.56 Å². The Bertz CT molecular complexity index is 593. The van der Waals surface area contributed by atoms with E-state index >= 15 is 0 Å². The van der Waals surface area contributed by atoms with Crippen LogP contribution in [0.5, 0.6) is 0 Å². The van der Waals surface area contributed by atoms with Crippen LogP contribution in [-0.2, 0) is 6.54 Å². The van der Waals surface area contributed by atoms with E-state index < -0.39 is 0 Å². The van der Waals surface area contributed by atoms with Gasteiger partial charge in [0.2, 0.25) is 0 Å². The molecule has 5 heteroatoms. The summed E-state index contributed by atoms with van der Waals surface area (Å²) in [6.07, 6.45) is 1.94. The number of hydrogen-bond acceptors (Lipinski definition) is 4. The Balaban J connectivity index is 2.05. The van der Waals surface area contributed by atoms with E-state index in [0.717, 1.165) is 19.4 Å². The normalized spacial score (nSPS) is 12.7. The summed E-state index contributed by atoms with van der Waals surface area (Å²) in [7, 11) is 0. The number of nitrogens with one attached hydrogen (secondary N) is 1. The molecular formula is C14H20N4O. The minimum absolute atomic E-state index is 0.0540. The Hall–Kier alpha value is -1.75. The Kier molecular flexibility index (Phi) is 4.63. The van der Waals surface area contributed by atoms with E-state index in [0.29, 0.717) is 23.5 Å². The number of benzene rings is 1. The summed E-state index contributed by atoms with van der Waals surface area (Å²) >= 11 is 0. The molecule has 5 nitrogen and oxygen atoms in total. The number of nitrogens with zero attached hydrogens (tertiary/aromatic N) is 3. The molecule has 1 atom stereocenters. The van der Waals surface area contributed by atoms with E-state index in [1.165, 1.54) is 4.68 Å². The van der Waals surface area contributed by atoms with Crippen molar-refractivity contribution in [1.29, 1.82) is 0 Å². The first-order valence-corrected chi connectivity index (χ1v) is 6.78. The molecule has 0 amide bonds. The second-order valence-corrected chi connectivity index (χ2v) is 4.74. The molecule has 0 aliphatic carbocycles. The number of aryl methyl sites for hydroxylation is 1. The van der Waals surface area contributed by atoms with Gasteiger partial charge >= 0.3 is 0 Å².